The van der Waals surface area contributed by atoms with Gasteiger partial charge in [0.25, 0.3) is 5.91 Å². The molecule has 2 aliphatic rings. The van der Waals surface area contributed by atoms with Crippen molar-refractivity contribution >= 4 is 22.6 Å². The zero-order valence-corrected chi connectivity index (χ0v) is 22.2. The molecule has 0 spiro atoms. The normalized spacial score (nSPS) is 25.3. The molecule has 0 radical (unpaired) electrons. The van der Waals surface area contributed by atoms with Crippen molar-refractivity contribution in [2.45, 2.75) is 49.7 Å². The van der Waals surface area contributed by atoms with Crippen molar-refractivity contribution in [3.8, 4) is 5.75 Å². The minimum atomic E-state index is -0.712. The third-order valence-corrected chi connectivity index (χ3v) is 8.39. The van der Waals surface area contributed by atoms with E-state index in [1.165, 1.54) is 6.92 Å². The second kappa shape index (κ2) is 10.6. The Morgan fingerprint density at radius 1 is 1.08 bits per heavy atom. The number of nitrogens with one attached hydrogen (secondary N) is 1. The second-order valence-electron chi connectivity index (χ2n) is 10.7. The minimum absolute atomic E-state index is 0.0604. The number of fused-ring (bicyclic) bond motifs is 2. The zero-order chi connectivity index (χ0) is 26.8. The molecule has 1 N–H and O–H groups in total. The van der Waals surface area contributed by atoms with Gasteiger partial charge in [0.15, 0.2) is 0 Å². The molecule has 38 heavy (non-hydrogen) atoms. The topological polar surface area (TPSA) is 67.9 Å². The summed E-state index contributed by atoms with van der Waals surface area (Å²) in [6, 6.07) is 21.9. The molecule has 1 amide bonds. The third kappa shape index (κ3) is 4.81. The number of benzene rings is 3. The summed E-state index contributed by atoms with van der Waals surface area (Å²) >= 11 is 0. The van der Waals surface area contributed by atoms with Crippen LogP contribution in [0.1, 0.15) is 48.5 Å². The van der Waals surface area contributed by atoms with E-state index in [1.54, 1.807) is 7.11 Å². The summed E-state index contributed by atoms with van der Waals surface area (Å²) in [6.07, 6.45) is 4.74. The van der Waals surface area contributed by atoms with Crippen LogP contribution in [0.4, 0.5) is 0 Å². The Bertz CT molecular complexity index is 1350. The van der Waals surface area contributed by atoms with Crippen LogP contribution in [-0.2, 0) is 14.9 Å². The summed E-state index contributed by atoms with van der Waals surface area (Å²) in [7, 11) is 1.66. The average molecular weight is 513 g/mol. The summed E-state index contributed by atoms with van der Waals surface area (Å²) in [6.45, 7) is 7.62. The Labute approximate surface area is 224 Å². The first-order chi connectivity index (χ1) is 18.4. The molecule has 1 aliphatic heterocycles. The number of carbonyl (C=O) groups excluding carboxylic acids is 2. The number of piperidine rings is 1. The van der Waals surface area contributed by atoms with Crippen LogP contribution < -0.4 is 10.1 Å². The van der Waals surface area contributed by atoms with Gasteiger partial charge in [-0.05, 0) is 72.8 Å². The largest absolute Gasteiger partial charge is 0.497 e. The highest BCUT2D eigenvalue weighted by molar-refractivity contribution is 5.98. The number of nitrogens with zero attached hydrogens (tertiary/aromatic N) is 1. The first-order valence-electron chi connectivity index (χ1n) is 13.4. The van der Waals surface area contributed by atoms with E-state index in [-0.39, 0.29) is 17.9 Å². The maximum absolute atomic E-state index is 13.4. The van der Waals surface area contributed by atoms with Gasteiger partial charge in [-0.3, -0.25) is 14.5 Å². The maximum Gasteiger partial charge on any atom is 0.303 e. The number of carbonyl (C=O) groups is 2. The molecule has 0 bridgehead atoms. The van der Waals surface area contributed by atoms with E-state index in [2.05, 4.69) is 28.9 Å². The first kappa shape index (κ1) is 26.0. The quantitative estimate of drug-likeness (QED) is 0.345. The molecule has 6 heteroatoms. The van der Waals surface area contributed by atoms with E-state index in [1.807, 2.05) is 60.7 Å². The van der Waals surface area contributed by atoms with Gasteiger partial charge < -0.3 is 14.8 Å². The number of likely N-dealkylation sites (tertiary alicyclic amines) is 1. The molecular weight excluding hydrogens is 476 g/mol. The number of amides is 1. The summed E-state index contributed by atoms with van der Waals surface area (Å²) in [5, 5.41) is 5.47. The monoisotopic (exact) mass is 512 g/mol. The Morgan fingerprint density at radius 2 is 1.89 bits per heavy atom. The lowest BCUT2D eigenvalue weighted by molar-refractivity contribution is -0.186. The third-order valence-electron chi connectivity index (χ3n) is 8.39. The number of rotatable bonds is 7. The van der Waals surface area contributed by atoms with E-state index in [9.17, 15) is 9.59 Å². The van der Waals surface area contributed by atoms with Crippen molar-refractivity contribution in [3.63, 3.8) is 0 Å². The van der Waals surface area contributed by atoms with Crippen molar-refractivity contribution in [2.24, 2.45) is 0 Å². The van der Waals surface area contributed by atoms with Crippen molar-refractivity contribution in [2.75, 3.05) is 26.7 Å². The van der Waals surface area contributed by atoms with Crippen LogP contribution in [0.2, 0.25) is 0 Å². The summed E-state index contributed by atoms with van der Waals surface area (Å²) < 4.78 is 11.9. The fourth-order valence-corrected chi connectivity index (χ4v) is 6.67. The summed E-state index contributed by atoms with van der Waals surface area (Å²) in [5.74, 6) is 0.409. The lowest BCUT2D eigenvalue weighted by Gasteiger charge is -2.59. The number of hydrogen-bond donors (Lipinski definition) is 1. The standard InChI is InChI=1S/C32H36N2O4/c1-4-17-34-18-16-31(27-10-7-11-29(20-27)37-3)21-28(14-15-32(31,22-34)38-23(2)35)33-30(36)26-13-12-24-8-5-6-9-25(24)19-26/h4-13,19-20,28H,1,14-18,21-22H2,2-3H3,(H,33,36)/t28-,31-,32-/m0/s1. The van der Waals surface area contributed by atoms with E-state index >= 15 is 0 Å². The fraction of sp³-hybridized carbons (Fsp3) is 0.375. The Balaban J connectivity index is 1.49. The Hall–Kier alpha value is -3.64. The lowest BCUT2D eigenvalue weighted by atomic mass is 9.55. The van der Waals surface area contributed by atoms with Gasteiger partial charge in [0.2, 0.25) is 0 Å². The van der Waals surface area contributed by atoms with Gasteiger partial charge >= 0.3 is 5.97 Å². The number of methoxy groups -OCH3 is 1. The van der Waals surface area contributed by atoms with Crippen LogP contribution in [0.25, 0.3) is 10.8 Å². The predicted molar refractivity (Wildman–Crippen MR) is 149 cm³/mol. The van der Waals surface area contributed by atoms with Crippen molar-refractivity contribution in [1.82, 2.24) is 10.2 Å². The molecule has 5 rings (SSSR count). The van der Waals surface area contributed by atoms with E-state index in [0.29, 0.717) is 24.9 Å². The van der Waals surface area contributed by atoms with Crippen LogP contribution in [0.15, 0.2) is 79.4 Å². The van der Waals surface area contributed by atoms with Gasteiger partial charge in [-0.25, -0.2) is 0 Å². The van der Waals surface area contributed by atoms with Crippen LogP contribution in [0.5, 0.6) is 5.75 Å². The van der Waals surface area contributed by atoms with E-state index in [4.69, 9.17) is 9.47 Å². The minimum Gasteiger partial charge on any atom is -0.497 e. The number of hydrogen-bond acceptors (Lipinski definition) is 5. The zero-order valence-electron chi connectivity index (χ0n) is 22.2. The fourth-order valence-electron chi connectivity index (χ4n) is 6.67. The molecule has 3 aromatic carbocycles. The molecule has 6 nitrogen and oxygen atoms in total. The maximum atomic E-state index is 13.4. The summed E-state index contributed by atoms with van der Waals surface area (Å²) in [5.41, 5.74) is 0.555. The average Bonchev–Trinajstić information content (AvgIpc) is 2.92. The van der Waals surface area contributed by atoms with Crippen molar-refractivity contribution < 1.29 is 19.1 Å². The molecule has 3 aromatic rings. The van der Waals surface area contributed by atoms with Gasteiger partial charge in [-0.2, -0.15) is 0 Å². The highest BCUT2D eigenvalue weighted by Crippen LogP contribution is 2.54. The van der Waals surface area contributed by atoms with Crippen LogP contribution in [0, 0.1) is 0 Å². The van der Waals surface area contributed by atoms with Crippen LogP contribution >= 0.6 is 0 Å². The van der Waals surface area contributed by atoms with Gasteiger partial charge in [-0.1, -0.05) is 48.5 Å². The molecule has 0 aromatic heterocycles. The lowest BCUT2D eigenvalue weighted by Crippen LogP contribution is -2.68. The van der Waals surface area contributed by atoms with Crippen molar-refractivity contribution in [3.05, 3.63) is 90.5 Å². The molecule has 1 heterocycles. The van der Waals surface area contributed by atoms with E-state index < -0.39 is 11.0 Å². The van der Waals surface area contributed by atoms with Gasteiger partial charge in [0, 0.05) is 37.0 Å². The smallest absolute Gasteiger partial charge is 0.303 e. The summed E-state index contributed by atoms with van der Waals surface area (Å²) in [4.78, 5) is 28.2. The highest BCUT2D eigenvalue weighted by atomic mass is 16.6. The first-order valence-corrected chi connectivity index (χ1v) is 13.4. The van der Waals surface area contributed by atoms with Crippen LogP contribution in [0.3, 0.4) is 0 Å². The van der Waals surface area contributed by atoms with Gasteiger partial charge in [-0.15, -0.1) is 6.58 Å². The molecular formula is C32H36N2O4. The predicted octanol–water partition coefficient (Wildman–Crippen LogP) is 5.26. The Kier molecular flexibility index (Phi) is 7.26. The van der Waals surface area contributed by atoms with Crippen molar-refractivity contribution in [1.29, 1.82) is 0 Å². The molecule has 1 saturated heterocycles. The molecule has 1 saturated carbocycles. The number of esters is 1. The molecule has 3 atom stereocenters. The molecule has 198 valence electrons. The second-order valence-corrected chi connectivity index (χ2v) is 10.7. The molecule has 1 aliphatic carbocycles. The Morgan fingerprint density at radius 3 is 2.66 bits per heavy atom. The van der Waals surface area contributed by atoms with Gasteiger partial charge in [0.05, 0.1) is 7.11 Å². The van der Waals surface area contributed by atoms with E-state index in [0.717, 1.165) is 48.0 Å². The van der Waals surface area contributed by atoms with Gasteiger partial charge in [0.1, 0.15) is 11.4 Å². The molecule has 2 fully saturated rings. The molecule has 0 unspecified atom stereocenters. The number of ether oxygens (including phenoxy) is 2. The SMILES string of the molecule is C=CCN1CC[C@@]2(c3cccc(OC)c3)C[C@@H](NC(=O)c3ccc4ccccc4c3)CC[C@]2(OC(C)=O)C1. The highest BCUT2D eigenvalue weighted by Gasteiger charge is 2.60. The van der Waals surface area contributed by atoms with Crippen LogP contribution in [-0.4, -0.2) is 55.2 Å².